The molecule has 0 aliphatic heterocycles. The van der Waals surface area contributed by atoms with Crippen molar-refractivity contribution in [3.63, 3.8) is 0 Å². The highest BCUT2D eigenvalue weighted by Gasteiger charge is 2.28. The van der Waals surface area contributed by atoms with E-state index in [4.69, 9.17) is 4.74 Å². The van der Waals surface area contributed by atoms with Crippen molar-refractivity contribution in [1.82, 2.24) is 10.2 Å². The van der Waals surface area contributed by atoms with Gasteiger partial charge >= 0.3 is 0 Å². The van der Waals surface area contributed by atoms with Crippen LogP contribution in [-0.2, 0) is 26.2 Å². The molecule has 0 spiro atoms. The number of benzene rings is 2. The van der Waals surface area contributed by atoms with E-state index in [1.165, 1.54) is 4.31 Å². The number of carbonyl (C=O) groups is 2. The predicted molar refractivity (Wildman–Crippen MR) is 153 cm³/mol. The fraction of sp³-hybridized carbons (Fsp3) is 0.517. The smallest absolute Gasteiger partial charge is 0.242 e. The van der Waals surface area contributed by atoms with Gasteiger partial charge in [0.25, 0.3) is 0 Å². The molecular formula is C29H43N3O5S. The third-order valence-corrected chi connectivity index (χ3v) is 7.43. The summed E-state index contributed by atoms with van der Waals surface area (Å²) in [7, 11) is -3.56. The minimum absolute atomic E-state index is 0.119. The van der Waals surface area contributed by atoms with Crippen LogP contribution in [0.4, 0.5) is 5.69 Å². The topological polar surface area (TPSA) is 96.0 Å². The Balaban J connectivity index is 2.18. The van der Waals surface area contributed by atoms with E-state index in [0.29, 0.717) is 44.0 Å². The third kappa shape index (κ3) is 9.67. The van der Waals surface area contributed by atoms with E-state index in [9.17, 15) is 18.0 Å². The summed E-state index contributed by atoms with van der Waals surface area (Å²) in [5, 5.41) is 2.97. The van der Waals surface area contributed by atoms with Crippen LogP contribution in [-0.4, -0.2) is 57.1 Å². The van der Waals surface area contributed by atoms with Gasteiger partial charge in [-0.2, -0.15) is 0 Å². The Kier molecular flexibility index (Phi) is 12.6. The van der Waals surface area contributed by atoms with E-state index >= 15 is 0 Å². The van der Waals surface area contributed by atoms with Gasteiger partial charge in [0, 0.05) is 26.1 Å². The van der Waals surface area contributed by atoms with Crippen LogP contribution in [0.25, 0.3) is 0 Å². The standard InChI is InChI=1S/C29H43N3O5S/c1-6-9-19-30-29(34)27(7-2)31(22-24-13-10-12-23(4)21-24)28(33)14-11-20-32(38(5,35)36)25-15-17-26(18-16-25)37-8-3/h10,12-13,15-18,21,27H,6-9,11,14,19-20,22H2,1-5H3,(H,30,34). The molecule has 210 valence electrons. The molecular weight excluding hydrogens is 502 g/mol. The number of nitrogens with zero attached hydrogens (tertiary/aromatic N) is 2. The first-order valence-electron chi connectivity index (χ1n) is 13.4. The molecule has 0 aromatic heterocycles. The number of aryl methyl sites for hydroxylation is 1. The molecule has 2 rings (SSSR count). The molecule has 0 radical (unpaired) electrons. The highest BCUT2D eigenvalue weighted by atomic mass is 32.2. The van der Waals surface area contributed by atoms with Crippen LogP contribution in [0.15, 0.2) is 48.5 Å². The second-order valence-electron chi connectivity index (χ2n) is 9.44. The highest BCUT2D eigenvalue weighted by molar-refractivity contribution is 7.92. The van der Waals surface area contributed by atoms with E-state index in [0.717, 1.165) is 30.2 Å². The average Bonchev–Trinajstić information content (AvgIpc) is 2.86. The van der Waals surface area contributed by atoms with Crippen molar-refractivity contribution in [2.24, 2.45) is 0 Å². The molecule has 0 saturated carbocycles. The summed E-state index contributed by atoms with van der Waals surface area (Å²) < 4.78 is 31.8. The number of sulfonamides is 1. The van der Waals surface area contributed by atoms with E-state index in [2.05, 4.69) is 12.2 Å². The van der Waals surface area contributed by atoms with Crippen molar-refractivity contribution >= 4 is 27.5 Å². The van der Waals surface area contributed by atoms with Crippen molar-refractivity contribution < 1.29 is 22.7 Å². The summed E-state index contributed by atoms with van der Waals surface area (Å²) >= 11 is 0. The van der Waals surface area contributed by atoms with Crippen LogP contribution >= 0.6 is 0 Å². The minimum atomic E-state index is -3.56. The van der Waals surface area contributed by atoms with Gasteiger partial charge in [-0.25, -0.2) is 8.42 Å². The zero-order chi connectivity index (χ0) is 28.1. The number of hydrogen-bond acceptors (Lipinski definition) is 5. The molecule has 2 aromatic rings. The van der Waals surface area contributed by atoms with Crippen molar-refractivity contribution in [1.29, 1.82) is 0 Å². The van der Waals surface area contributed by atoms with Gasteiger partial charge in [-0.05, 0) is 62.9 Å². The molecule has 0 aliphatic rings. The zero-order valence-corrected chi connectivity index (χ0v) is 24.2. The van der Waals surface area contributed by atoms with Gasteiger partial charge in [0.2, 0.25) is 21.8 Å². The van der Waals surface area contributed by atoms with Gasteiger partial charge in [0.15, 0.2) is 0 Å². The number of unbranched alkanes of at least 4 members (excludes halogenated alkanes) is 1. The molecule has 0 fully saturated rings. The van der Waals surface area contributed by atoms with Crippen molar-refractivity contribution in [3.05, 3.63) is 59.7 Å². The maximum atomic E-state index is 13.5. The van der Waals surface area contributed by atoms with Crippen LogP contribution in [0.2, 0.25) is 0 Å². The molecule has 9 heteroatoms. The van der Waals surface area contributed by atoms with Crippen LogP contribution in [0, 0.1) is 6.92 Å². The molecule has 0 bridgehead atoms. The molecule has 0 saturated heterocycles. The molecule has 0 heterocycles. The lowest BCUT2D eigenvalue weighted by molar-refractivity contribution is -0.141. The lowest BCUT2D eigenvalue weighted by Gasteiger charge is -2.31. The maximum absolute atomic E-state index is 13.5. The molecule has 1 atom stereocenters. The molecule has 2 amide bonds. The number of carbonyl (C=O) groups excluding carboxylic acids is 2. The Labute approximate surface area is 228 Å². The van der Waals surface area contributed by atoms with Gasteiger partial charge in [-0.15, -0.1) is 0 Å². The highest BCUT2D eigenvalue weighted by Crippen LogP contribution is 2.23. The third-order valence-electron chi connectivity index (χ3n) is 6.24. The monoisotopic (exact) mass is 545 g/mol. The summed E-state index contributed by atoms with van der Waals surface area (Å²) in [5.74, 6) is 0.327. The lowest BCUT2D eigenvalue weighted by atomic mass is 10.1. The summed E-state index contributed by atoms with van der Waals surface area (Å²) in [6.45, 7) is 9.39. The first kappa shape index (κ1) is 31.1. The van der Waals surface area contributed by atoms with Crippen LogP contribution in [0.1, 0.15) is 64.0 Å². The normalized spacial score (nSPS) is 12.0. The van der Waals surface area contributed by atoms with Gasteiger partial charge in [-0.1, -0.05) is 50.1 Å². The Morgan fingerprint density at radius 1 is 1.03 bits per heavy atom. The van der Waals surface area contributed by atoms with E-state index in [1.54, 1.807) is 29.2 Å². The summed E-state index contributed by atoms with van der Waals surface area (Å²) in [6, 6.07) is 14.2. The van der Waals surface area contributed by atoms with Gasteiger partial charge in [0.1, 0.15) is 11.8 Å². The Bertz CT molecular complexity index is 1140. The first-order chi connectivity index (χ1) is 18.1. The first-order valence-corrected chi connectivity index (χ1v) is 15.3. The van der Waals surface area contributed by atoms with Crippen LogP contribution < -0.4 is 14.4 Å². The number of rotatable bonds is 16. The van der Waals surface area contributed by atoms with Crippen LogP contribution in [0.5, 0.6) is 5.75 Å². The van der Waals surface area contributed by atoms with Crippen LogP contribution in [0.3, 0.4) is 0 Å². The number of anilines is 1. The second-order valence-corrected chi connectivity index (χ2v) is 11.4. The molecule has 0 aliphatic carbocycles. The number of ether oxygens (including phenoxy) is 1. The zero-order valence-electron chi connectivity index (χ0n) is 23.4. The lowest BCUT2D eigenvalue weighted by Crippen LogP contribution is -2.49. The predicted octanol–water partition coefficient (Wildman–Crippen LogP) is 4.66. The summed E-state index contributed by atoms with van der Waals surface area (Å²) in [5.41, 5.74) is 2.54. The van der Waals surface area contributed by atoms with Crippen molar-refractivity contribution in [2.75, 3.05) is 30.3 Å². The SMILES string of the molecule is CCCCNC(=O)C(CC)N(Cc1cccc(C)c1)C(=O)CCCN(c1ccc(OCC)cc1)S(C)(=O)=O. The van der Waals surface area contributed by atoms with Gasteiger partial charge < -0.3 is 15.0 Å². The fourth-order valence-corrected chi connectivity index (χ4v) is 5.28. The maximum Gasteiger partial charge on any atom is 0.242 e. The van der Waals surface area contributed by atoms with E-state index < -0.39 is 16.1 Å². The summed E-state index contributed by atoms with van der Waals surface area (Å²) in [4.78, 5) is 28.2. The van der Waals surface area contributed by atoms with E-state index in [1.807, 2.05) is 45.0 Å². The molecule has 2 aromatic carbocycles. The second kappa shape index (κ2) is 15.4. The molecule has 1 unspecified atom stereocenters. The fourth-order valence-electron chi connectivity index (χ4n) is 4.31. The number of nitrogens with one attached hydrogen (secondary N) is 1. The number of amides is 2. The Morgan fingerprint density at radius 2 is 1.74 bits per heavy atom. The van der Waals surface area contributed by atoms with E-state index in [-0.39, 0.29) is 24.8 Å². The largest absolute Gasteiger partial charge is 0.494 e. The van der Waals surface area contributed by atoms with Crippen molar-refractivity contribution in [2.45, 2.75) is 72.4 Å². The van der Waals surface area contributed by atoms with Gasteiger partial charge in [0.05, 0.1) is 18.6 Å². The Hall–Kier alpha value is -3.07. The minimum Gasteiger partial charge on any atom is -0.494 e. The number of hydrogen-bond donors (Lipinski definition) is 1. The molecule has 1 N–H and O–H groups in total. The summed E-state index contributed by atoms with van der Waals surface area (Å²) in [6.07, 6.45) is 3.92. The quantitative estimate of drug-likeness (QED) is 0.310. The van der Waals surface area contributed by atoms with Crippen molar-refractivity contribution in [3.8, 4) is 5.75 Å². The van der Waals surface area contributed by atoms with Gasteiger partial charge in [-0.3, -0.25) is 13.9 Å². The Morgan fingerprint density at radius 3 is 2.32 bits per heavy atom. The molecule has 8 nitrogen and oxygen atoms in total. The average molecular weight is 546 g/mol. The molecule has 38 heavy (non-hydrogen) atoms.